The van der Waals surface area contributed by atoms with Gasteiger partial charge in [0.25, 0.3) is 5.56 Å². The summed E-state index contributed by atoms with van der Waals surface area (Å²) < 4.78 is 32.3. The number of benzene rings is 3. The van der Waals surface area contributed by atoms with Crippen LogP contribution in [0.4, 0.5) is 19.3 Å². The third-order valence-electron chi connectivity index (χ3n) is 7.85. The molecule has 252 valence electrons. The monoisotopic (exact) mass is 686 g/mol. The van der Waals surface area contributed by atoms with Crippen LogP contribution >= 0.6 is 11.3 Å². The maximum Gasteiger partial charge on any atom is 0.343 e. The Morgan fingerprint density at radius 3 is 2.24 bits per heavy atom. The van der Waals surface area contributed by atoms with Crippen molar-refractivity contribution >= 4 is 33.3 Å². The maximum atomic E-state index is 15.0. The molecule has 6 aromatic rings. The van der Waals surface area contributed by atoms with Crippen molar-refractivity contribution in [2.75, 3.05) is 19.5 Å². The summed E-state index contributed by atoms with van der Waals surface area (Å²) >= 11 is 1.19. The number of carbonyl (C=O) groups excluding carboxylic acids is 1. The minimum atomic E-state index is -0.807. The lowest BCUT2D eigenvalue weighted by molar-refractivity contribution is 0.114. The number of fused-ring (bicyclic) bond motifs is 1. The van der Waals surface area contributed by atoms with Crippen molar-refractivity contribution in [3.63, 3.8) is 0 Å². The number of hydrogen-bond donors (Lipinski definition) is 2. The number of rotatable bonds is 12. The van der Waals surface area contributed by atoms with Gasteiger partial charge in [-0.1, -0.05) is 48.5 Å². The summed E-state index contributed by atoms with van der Waals surface area (Å²) in [5, 5.41) is 11.1. The highest BCUT2D eigenvalue weighted by Crippen LogP contribution is 2.38. The first kappa shape index (κ1) is 33.4. The fourth-order valence-electron chi connectivity index (χ4n) is 5.60. The van der Waals surface area contributed by atoms with Crippen LogP contribution in [-0.2, 0) is 37.6 Å². The van der Waals surface area contributed by atoms with Crippen LogP contribution in [0.2, 0.25) is 0 Å². The van der Waals surface area contributed by atoms with E-state index >= 15 is 0 Å². The van der Waals surface area contributed by atoms with Gasteiger partial charge < -0.3 is 5.32 Å². The van der Waals surface area contributed by atoms with E-state index in [0.29, 0.717) is 34.8 Å². The van der Waals surface area contributed by atoms with Gasteiger partial charge in [0.15, 0.2) is 0 Å². The van der Waals surface area contributed by atoms with Gasteiger partial charge in [-0.2, -0.15) is 15.0 Å². The van der Waals surface area contributed by atoms with Crippen LogP contribution in [0.1, 0.15) is 16.7 Å². The first-order valence-corrected chi connectivity index (χ1v) is 16.0. The number of halogens is 2. The highest BCUT2D eigenvalue weighted by atomic mass is 32.1. The molecule has 0 spiro atoms. The maximum absolute atomic E-state index is 15.0. The molecule has 3 heterocycles. The molecular formula is C34H32F2N8O4S. The van der Waals surface area contributed by atoms with Gasteiger partial charge in [0.05, 0.1) is 44.5 Å². The van der Waals surface area contributed by atoms with Crippen LogP contribution in [0.25, 0.3) is 20.7 Å². The molecule has 0 saturated carbocycles. The summed E-state index contributed by atoms with van der Waals surface area (Å²) in [6.07, 6.45) is 2.98. The van der Waals surface area contributed by atoms with Crippen molar-refractivity contribution in [2.24, 2.45) is 0 Å². The molecule has 0 saturated heterocycles. The summed E-state index contributed by atoms with van der Waals surface area (Å²) in [5.41, 5.74) is 3.56. The van der Waals surface area contributed by atoms with Gasteiger partial charge in [-0.15, -0.1) is 11.3 Å². The van der Waals surface area contributed by atoms with E-state index in [9.17, 15) is 23.2 Å². The Morgan fingerprint density at radius 1 is 0.878 bits per heavy atom. The average Bonchev–Trinajstić information content (AvgIpc) is 3.74. The van der Waals surface area contributed by atoms with E-state index in [0.717, 1.165) is 22.3 Å². The Kier molecular flexibility index (Phi) is 10.0. The van der Waals surface area contributed by atoms with Gasteiger partial charge in [0.1, 0.15) is 16.5 Å². The van der Waals surface area contributed by atoms with Gasteiger partial charge in [0, 0.05) is 29.2 Å². The highest BCUT2D eigenvalue weighted by Gasteiger charge is 2.25. The summed E-state index contributed by atoms with van der Waals surface area (Å²) in [6, 6.07) is 19.8. The molecule has 0 unspecified atom stereocenters. The van der Waals surface area contributed by atoms with Crippen LogP contribution in [0.3, 0.4) is 0 Å². The van der Waals surface area contributed by atoms with Crippen LogP contribution < -0.4 is 22.0 Å². The number of urea groups is 1. The van der Waals surface area contributed by atoms with E-state index in [-0.39, 0.29) is 28.9 Å². The first-order chi connectivity index (χ1) is 23.7. The number of aryl methyl sites for hydroxylation is 1. The van der Waals surface area contributed by atoms with E-state index in [1.54, 1.807) is 24.3 Å². The zero-order valence-corrected chi connectivity index (χ0v) is 27.4. The minimum Gasteiger partial charge on any atom is -0.306 e. The lowest BCUT2D eigenvalue weighted by Crippen LogP contribution is -2.41. The number of aromatic nitrogens is 5. The molecule has 0 aliphatic rings. The summed E-state index contributed by atoms with van der Waals surface area (Å²) in [4.78, 5) is 49.5. The molecule has 15 heteroatoms. The molecule has 0 aliphatic carbocycles. The van der Waals surface area contributed by atoms with E-state index in [4.69, 9.17) is 0 Å². The number of nitrogens with one attached hydrogen (secondary N) is 2. The Bertz CT molecular complexity index is 2180. The predicted molar refractivity (Wildman–Crippen MR) is 182 cm³/mol. The Morgan fingerprint density at radius 2 is 1.57 bits per heavy atom. The van der Waals surface area contributed by atoms with Crippen molar-refractivity contribution in [3.8, 4) is 10.4 Å². The van der Waals surface area contributed by atoms with Crippen molar-refractivity contribution in [3.05, 3.63) is 134 Å². The molecule has 6 rings (SSSR count). The molecule has 2 amide bonds. The normalized spacial score (nSPS) is 11.4. The molecule has 0 radical (unpaired) electrons. The zero-order chi connectivity index (χ0) is 34.5. The summed E-state index contributed by atoms with van der Waals surface area (Å²) in [7, 11) is 3.25. The number of hydrogen-bond acceptors (Lipinski definition) is 8. The third kappa shape index (κ3) is 7.33. The van der Waals surface area contributed by atoms with Crippen molar-refractivity contribution < 1.29 is 18.4 Å². The number of thiophene rings is 1. The molecule has 3 aromatic carbocycles. The number of carbonyl (C=O) groups is 1. The van der Waals surface area contributed by atoms with E-state index < -0.39 is 35.5 Å². The fraction of sp³-hybridized carbons (Fsp3) is 0.206. The fourth-order valence-corrected chi connectivity index (χ4v) is 6.90. The van der Waals surface area contributed by atoms with Crippen LogP contribution in [0.5, 0.6) is 0 Å². The molecule has 2 N–H and O–H groups in total. The molecule has 49 heavy (non-hydrogen) atoms. The highest BCUT2D eigenvalue weighted by molar-refractivity contribution is 7.22. The number of nitrogens with zero attached hydrogens (tertiary/aromatic N) is 6. The standard InChI is InChI=1S/C34H32F2N8O4S/c1-41(19-22-7-4-3-5-8-22)20-26-29-31(45)42(17-18-44-37-15-16-38-44)34(47)43(21-25-27(35)9-6-10-28(25)36)32(29)49-30(26)23-11-13-24(14-12-23)39-33(46)40-48-2/h3-16H,17-21H2,1-2H3,(H2,39,40,46). The second-order valence-corrected chi connectivity index (χ2v) is 12.2. The topological polar surface area (TPSA) is 128 Å². The summed E-state index contributed by atoms with van der Waals surface area (Å²) in [5.74, 6) is -1.61. The minimum absolute atomic E-state index is 0.0730. The molecule has 0 aliphatic heterocycles. The van der Waals surface area contributed by atoms with Gasteiger partial charge in [0.2, 0.25) is 0 Å². The Hall–Kier alpha value is -5.51. The van der Waals surface area contributed by atoms with Gasteiger partial charge in [-0.25, -0.2) is 23.9 Å². The SMILES string of the molecule is CONC(=O)Nc1ccc(-c2sc3c(c2CN(C)Cc2ccccc2)c(=O)n(CCn2nccn2)c(=O)n3Cc2c(F)cccc2F)cc1. The largest absolute Gasteiger partial charge is 0.343 e. The smallest absolute Gasteiger partial charge is 0.306 e. The van der Waals surface area contributed by atoms with Gasteiger partial charge >= 0.3 is 11.7 Å². The quantitative estimate of drug-likeness (QED) is 0.177. The molecule has 3 aromatic heterocycles. The van der Waals surface area contributed by atoms with Gasteiger partial charge in [-0.05, 0) is 48.0 Å². The second kappa shape index (κ2) is 14.7. The van der Waals surface area contributed by atoms with E-state index in [2.05, 4.69) is 30.7 Å². The van der Waals surface area contributed by atoms with Crippen molar-refractivity contribution in [2.45, 2.75) is 32.7 Å². The number of anilines is 1. The molecular weight excluding hydrogens is 654 g/mol. The third-order valence-corrected chi connectivity index (χ3v) is 9.15. The second-order valence-electron chi connectivity index (χ2n) is 11.2. The van der Waals surface area contributed by atoms with Gasteiger partial charge in [-0.3, -0.25) is 23.7 Å². The first-order valence-electron chi connectivity index (χ1n) is 15.2. The molecule has 0 bridgehead atoms. The predicted octanol–water partition coefficient (Wildman–Crippen LogP) is 4.82. The Labute approximate surface area is 282 Å². The number of hydroxylamine groups is 1. The van der Waals surface area contributed by atoms with Crippen molar-refractivity contribution in [1.29, 1.82) is 0 Å². The van der Waals surface area contributed by atoms with E-state index in [1.165, 1.54) is 46.3 Å². The molecule has 0 atom stereocenters. The van der Waals surface area contributed by atoms with Crippen LogP contribution in [0, 0.1) is 11.6 Å². The lowest BCUT2D eigenvalue weighted by atomic mass is 10.1. The lowest BCUT2D eigenvalue weighted by Gasteiger charge is -2.18. The average molecular weight is 687 g/mol. The van der Waals surface area contributed by atoms with E-state index in [1.807, 2.05) is 37.4 Å². The number of amides is 2. The zero-order valence-electron chi connectivity index (χ0n) is 26.6. The van der Waals surface area contributed by atoms with Crippen LogP contribution in [-0.4, -0.2) is 49.2 Å². The summed E-state index contributed by atoms with van der Waals surface area (Å²) in [6.45, 7) is 0.478. The molecule has 12 nitrogen and oxygen atoms in total. The van der Waals surface area contributed by atoms with Crippen LogP contribution in [0.15, 0.2) is 94.8 Å². The molecule has 0 fully saturated rings. The van der Waals surface area contributed by atoms with Crippen molar-refractivity contribution in [1.82, 2.24) is 34.5 Å². The Balaban J connectivity index is 1.53.